The van der Waals surface area contributed by atoms with Gasteiger partial charge in [-0.25, -0.2) is 4.39 Å². The van der Waals surface area contributed by atoms with E-state index in [-0.39, 0.29) is 5.82 Å². The number of benzene rings is 2. The maximum atomic E-state index is 12.8. The maximum Gasteiger partial charge on any atom is 0.161 e. The minimum atomic E-state index is -0.281. The Morgan fingerprint density at radius 3 is 2.39 bits per heavy atom. The third-order valence-electron chi connectivity index (χ3n) is 3.23. The third-order valence-corrected chi connectivity index (χ3v) is 3.23. The first kappa shape index (κ1) is 17.1. The molecule has 0 aliphatic rings. The minimum Gasteiger partial charge on any atom is -0.493 e. The van der Waals surface area contributed by atoms with E-state index in [1.807, 2.05) is 18.2 Å². The first-order chi connectivity index (χ1) is 11.2. The van der Waals surface area contributed by atoms with Crippen LogP contribution in [-0.2, 0) is 6.54 Å². The highest BCUT2D eigenvalue weighted by molar-refractivity contribution is 5.43. The molecule has 2 aromatic rings. The SMILES string of the molecule is CCNCc1ccc(OCCOc2ccc(F)cc2)c(OC)c1. The zero-order valence-electron chi connectivity index (χ0n) is 13.5. The Morgan fingerprint density at radius 1 is 0.957 bits per heavy atom. The fourth-order valence-electron chi connectivity index (χ4n) is 2.05. The van der Waals surface area contributed by atoms with Gasteiger partial charge in [-0.1, -0.05) is 13.0 Å². The summed E-state index contributed by atoms with van der Waals surface area (Å²) in [7, 11) is 1.62. The van der Waals surface area contributed by atoms with Gasteiger partial charge >= 0.3 is 0 Å². The molecule has 23 heavy (non-hydrogen) atoms. The number of methoxy groups -OCH3 is 1. The summed E-state index contributed by atoms with van der Waals surface area (Å²) in [6.45, 7) is 4.52. The van der Waals surface area contributed by atoms with E-state index in [0.29, 0.717) is 30.5 Å². The van der Waals surface area contributed by atoms with Gasteiger partial charge in [0.25, 0.3) is 0 Å². The molecule has 0 radical (unpaired) electrons. The lowest BCUT2D eigenvalue weighted by Gasteiger charge is -2.13. The monoisotopic (exact) mass is 319 g/mol. The van der Waals surface area contributed by atoms with Gasteiger partial charge < -0.3 is 19.5 Å². The van der Waals surface area contributed by atoms with Crippen LogP contribution < -0.4 is 19.5 Å². The molecule has 0 saturated heterocycles. The van der Waals surface area contributed by atoms with Gasteiger partial charge in [0.2, 0.25) is 0 Å². The number of hydrogen-bond donors (Lipinski definition) is 1. The minimum absolute atomic E-state index is 0.281. The molecule has 0 aromatic heterocycles. The van der Waals surface area contributed by atoms with E-state index < -0.39 is 0 Å². The molecule has 124 valence electrons. The molecule has 0 aliphatic carbocycles. The summed E-state index contributed by atoms with van der Waals surface area (Å²) in [6, 6.07) is 11.8. The van der Waals surface area contributed by atoms with Gasteiger partial charge in [0.1, 0.15) is 24.8 Å². The highest BCUT2D eigenvalue weighted by Gasteiger charge is 2.06. The normalized spacial score (nSPS) is 10.4. The lowest BCUT2D eigenvalue weighted by Crippen LogP contribution is -2.12. The van der Waals surface area contributed by atoms with Crippen molar-refractivity contribution in [1.29, 1.82) is 0 Å². The molecule has 2 aromatic carbocycles. The molecule has 0 saturated carbocycles. The zero-order valence-corrected chi connectivity index (χ0v) is 13.5. The molecule has 1 N–H and O–H groups in total. The smallest absolute Gasteiger partial charge is 0.161 e. The largest absolute Gasteiger partial charge is 0.493 e. The second-order valence-corrected chi connectivity index (χ2v) is 4.92. The molecule has 0 aliphatic heterocycles. The van der Waals surface area contributed by atoms with Gasteiger partial charge in [-0.15, -0.1) is 0 Å². The highest BCUT2D eigenvalue weighted by Crippen LogP contribution is 2.28. The van der Waals surface area contributed by atoms with E-state index in [9.17, 15) is 4.39 Å². The molecule has 0 spiro atoms. The predicted molar refractivity (Wildman–Crippen MR) is 87.8 cm³/mol. The number of halogens is 1. The van der Waals surface area contributed by atoms with Crippen molar-refractivity contribution in [2.75, 3.05) is 26.9 Å². The Hall–Kier alpha value is -2.27. The van der Waals surface area contributed by atoms with Crippen LogP contribution >= 0.6 is 0 Å². The van der Waals surface area contributed by atoms with E-state index in [2.05, 4.69) is 12.2 Å². The van der Waals surface area contributed by atoms with Crippen LogP contribution in [0.2, 0.25) is 0 Å². The van der Waals surface area contributed by atoms with E-state index in [1.165, 1.54) is 12.1 Å². The molecule has 0 bridgehead atoms. The van der Waals surface area contributed by atoms with Crippen LogP contribution in [0.1, 0.15) is 12.5 Å². The van der Waals surface area contributed by atoms with Gasteiger partial charge in [-0.2, -0.15) is 0 Å². The van der Waals surface area contributed by atoms with Crippen LogP contribution in [0.25, 0.3) is 0 Å². The number of ether oxygens (including phenoxy) is 3. The Bertz CT molecular complexity index is 602. The topological polar surface area (TPSA) is 39.7 Å². The Morgan fingerprint density at radius 2 is 1.70 bits per heavy atom. The summed E-state index contributed by atoms with van der Waals surface area (Å²) in [5.41, 5.74) is 1.14. The quantitative estimate of drug-likeness (QED) is 0.719. The lowest BCUT2D eigenvalue weighted by molar-refractivity contribution is 0.211. The van der Waals surface area contributed by atoms with Crippen LogP contribution in [-0.4, -0.2) is 26.9 Å². The summed E-state index contributed by atoms with van der Waals surface area (Å²) in [4.78, 5) is 0. The van der Waals surface area contributed by atoms with Gasteiger partial charge in [0, 0.05) is 6.54 Å². The van der Waals surface area contributed by atoms with Crippen molar-refractivity contribution in [2.24, 2.45) is 0 Å². The molecule has 0 fully saturated rings. The number of nitrogens with one attached hydrogen (secondary N) is 1. The molecule has 0 heterocycles. The average Bonchev–Trinajstić information content (AvgIpc) is 2.59. The highest BCUT2D eigenvalue weighted by atomic mass is 19.1. The fraction of sp³-hybridized carbons (Fsp3) is 0.333. The molecule has 0 unspecified atom stereocenters. The van der Waals surface area contributed by atoms with Crippen molar-refractivity contribution in [1.82, 2.24) is 5.32 Å². The van der Waals surface area contributed by atoms with E-state index >= 15 is 0 Å². The van der Waals surface area contributed by atoms with Crippen LogP contribution in [0.15, 0.2) is 42.5 Å². The van der Waals surface area contributed by atoms with Crippen molar-refractivity contribution < 1.29 is 18.6 Å². The second-order valence-electron chi connectivity index (χ2n) is 4.92. The van der Waals surface area contributed by atoms with Crippen LogP contribution in [0, 0.1) is 5.82 Å². The van der Waals surface area contributed by atoms with Crippen molar-refractivity contribution in [2.45, 2.75) is 13.5 Å². The average molecular weight is 319 g/mol. The fourth-order valence-corrected chi connectivity index (χ4v) is 2.05. The molecular weight excluding hydrogens is 297 g/mol. The molecule has 0 atom stereocenters. The molecule has 4 nitrogen and oxygen atoms in total. The molecule has 0 amide bonds. The third kappa shape index (κ3) is 5.45. The Labute approximate surface area is 136 Å². The summed E-state index contributed by atoms with van der Waals surface area (Å²) in [5.74, 6) is 1.71. The van der Waals surface area contributed by atoms with Gasteiger partial charge in [-0.3, -0.25) is 0 Å². The summed E-state index contributed by atoms with van der Waals surface area (Å²) in [6.07, 6.45) is 0. The van der Waals surface area contributed by atoms with Crippen molar-refractivity contribution >= 4 is 0 Å². The molecule has 5 heteroatoms. The van der Waals surface area contributed by atoms with Crippen LogP contribution in [0.4, 0.5) is 4.39 Å². The summed E-state index contributed by atoms with van der Waals surface area (Å²) in [5, 5.41) is 3.27. The maximum absolute atomic E-state index is 12.8. The van der Waals surface area contributed by atoms with E-state index in [1.54, 1.807) is 19.2 Å². The van der Waals surface area contributed by atoms with Crippen LogP contribution in [0.5, 0.6) is 17.2 Å². The Kier molecular flexibility index (Phi) is 6.69. The van der Waals surface area contributed by atoms with E-state index in [0.717, 1.165) is 18.7 Å². The number of hydrogen-bond acceptors (Lipinski definition) is 4. The lowest BCUT2D eigenvalue weighted by atomic mass is 10.2. The zero-order chi connectivity index (χ0) is 16.5. The van der Waals surface area contributed by atoms with Crippen molar-refractivity contribution in [3.05, 3.63) is 53.8 Å². The molecular formula is C18H22FNO3. The summed E-state index contributed by atoms with van der Waals surface area (Å²) >= 11 is 0. The van der Waals surface area contributed by atoms with Crippen molar-refractivity contribution in [3.63, 3.8) is 0 Å². The van der Waals surface area contributed by atoms with E-state index in [4.69, 9.17) is 14.2 Å². The summed E-state index contributed by atoms with van der Waals surface area (Å²) < 4.78 is 29.3. The van der Waals surface area contributed by atoms with Gasteiger partial charge in [-0.05, 0) is 48.5 Å². The second kappa shape index (κ2) is 9.00. The predicted octanol–water partition coefficient (Wildman–Crippen LogP) is 3.40. The van der Waals surface area contributed by atoms with Gasteiger partial charge in [0.05, 0.1) is 7.11 Å². The van der Waals surface area contributed by atoms with Gasteiger partial charge in [0.15, 0.2) is 11.5 Å². The molecule has 2 rings (SSSR count). The first-order valence-corrected chi connectivity index (χ1v) is 7.61. The first-order valence-electron chi connectivity index (χ1n) is 7.61. The Balaban J connectivity index is 1.83. The standard InChI is InChI=1S/C18H22FNO3/c1-3-20-13-14-4-9-17(18(12-14)21-2)23-11-10-22-16-7-5-15(19)6-8-16/h4-9,12,20H,3,10-11,13H2,1-2H3. The van der Waals surface area contributed by atoms with Crippen molar-refractivity contribution in [3.8, 4) is 17.2 Å². The number of rotatable bonds is 9. The van der Waals surface area contributed by atoms with Crippen LogP contribution in [0.3, 0.4) is 0 Å².